The second-order valence-electron chi connectivity index (χ2n) is 5.02. The van der Waals surface area contributed by atoms with Gasteiger partial charge in [-0.2, -0.15) is 0 Å². The molecule has 0 fully saturated rings. The van der Waals surface area contributed by atoms with Crippen molar-refractivity contribution in [1.82, 2.24) is 4.98 Å². The predicted octanol–water partition coefficient (Wildman–Crippen LogP) is 6.07. The van der Waals surface area contributed by atoms with Crippen LogP contribution in [0.4, 0.5) is 15.6 Å². The van der Waals surface area contributed by atoms with E-state index < -0.39 is 0 Å². The van der Waals surface area contributed by atoms with Crippen LogP contribution in [0.2, 0.25) is 10.0 Å². The van der Waals surface area contributed by atoms with Gasteiger partial charge in [-0.25, -0.2) is 9.78 Å². The molecule has 2 aromatic carbocycles. The number of hydrogen-bond donors (Lipinski definition) is 2. The van der Waals surface area contributed by atoms with E-state index in [-0.39, 0.29) is 6.03 Å². The first-order valence-corrected chi connectivity index (χ1v) is 8.65. The Morgan fingerprint density at radius 2 is 1.79 bits per heavy atom. The SMILES string of the molecule is Cc1sc(NC(=O)Nc2ccc(Cl)cc2)nc1-c1cccc(Cl)c1. The van der Waals surface area contributed by atoms with Crippen molar-refractivity contribution in [3.8, 4) is 11.3 Å². The number of hydrogen-bond acceptors (Lipinski definition) is 3. The smallest absolute Gasteiger partial charge is 0.308 e. The number of amides is 2. The van der Waals surface area contributed by atoms with Gasteiger partial charge in [-0.3, -0.25) is 5.32 Å². The Hall–Kier alpha value is -2.08. The van der Waals surface area contributed by atoms with Gasteiger partial charge in [0.25, 0.3) is 0 Å². The Morgan fingerprint density at radius 3 is 2.50 bits per heavy atom. The number of carbonyl (C=O) groups is 1. The third kappa shape index (κ3) is 4.06. The molecule has 0 saturated heterocycles. The Kier molecular flexibility index (Phi) is 5.04. The summed E-state index contributed by atoms with van der Waals surface area (Å²) in [5.41, 5.74) is 2.38. The van der Waals surface area contributed by atoms with Gasteiger partial charge in [0.15, 0.2) is 5.13 Å². The summed E-state index contributed by atoms with van der Waals surface area (Å²) in [5, 5.41) is 7.26. The van der Waals surface area contributed by atoms with Gasteiger partial charge in [-0.05, 0) is 43.3 Å². The zero-order chi connectivity index (χ0) is 17.1. The fourth-order valence-electron chi connectivity index (χ4n) is 2.15. The normalized spacial score (nSPS) is 10.5. The number of urea groups is 1. The van der Waals surface area contributed by atoms with Crippen LogP contribution in [0, 0.1) is 6.92 Å². The molecule has 1 aromatic heterocycles. The maximum atomic E-state index is 12.1. The fourth-order valence-corrected chi connectivity index (χ4v) is 3.29. The maximum absolute atomic E-state index is 12.1. The third-order valence-electron chi connectivity index (χ3n) is 3.22. The summed E-state index contributed by atoms with van der Waals surface area (Å²) in [5.74, 6) is 0. The molecule has 2 N–H and O–H groups in total. The average molecular weight is 378 g/mol. The molecule has 24 heavy (non-hydrogen) atoms. The zero-order valence-electron chi connectivity index (χ0n) is 12.6. The quantitative estimate of drug-likeness (QED) is 0.581. The lowest BCUT2D eigenvalue weighted by molar-refractivity contribution is 0.262. The topological polar surface area (TPSA) is 54.0 Å². The van der Waals surface area contributed by atoms with Gasteiger partial charge in [0, 0.05) is 26.2 Å². The molecule has 2 amide bonds. The highest BCUT2D eigenvalue weighted by molar-refractivity contribution is 7.16. The summed E-state index contributed by atoms with van der Waals surface area (Å²) in [6.07, 6.45) is 0. The van der Waals surface area contributed by atoms with Gasteiger partial charge in [0.05, 0.1) is 5.69 Å². The molecular formula is C17H13Cl2N3OS. The van der Waals surface area contributed by atoms with Gasteiger partial charge < -0.3 is 5.32 Å². The van der Waals surface area contributed by atoms with Crippen molar-refractivity contribution in [2.75, 3.05) is 10.6 Å². The number of carbonyl (C=O) groups excluding carboxylic acids is 1. The highest BCUT2D eigenvalue weighted by Gasteiger charge is 2.12. The predicted molar refractivity (Wildman–Crippen MR) is 101 cm³/mol. The molecule has 122 valence electrons. The molecule has 0 saturated carbocycles. The number of benzene rings is 2. The summed E-state index contributed by atoms with van der Waals surface area (Å²) in [6, 6.07) is 14.0. The Bertz CT molecular complexity index is 878. The summed E-state index contributed by atoms with van der Waals surface area (Å²) in [4.78, 5) is 17.6. The van der Waals surface area contributed by atoms with Gasteiger partial charge in [0.1, 0.15) is 0 Å². The van der Waals surface area contributed by atoms with Crippen molar-refractivity contribution < 1.29 is 4.79 Å². The van der Waals surface area contributed by atoms with E-state index in [1.165, 1.54) is 11.3 Å². The van der Waals surface area contributed by atoms with Crippen LogP contribution in [-0.2, 0) is 0 Å². The number of aromatic nitrogens is 1. The van der Waals surface area contributed by atoms with Gasteiger partial charge in [0.2, 0.25) is 0 Å². The lowest BCUT2D eigenvalue weighted by atomic mass is 10.1. The van der Waals surface area contributed by atoms with Crippen molar-refractivity contribution in [1.29, 1.82) is 0 Å². The number of thiazole rings is 1. The molecule has 0 radical (unpaired) electrons. The van der Waals surface area contributed by atoms with Crippen molar-refractivity contribution in [2.24, 2.45) is 0 Å². The van der Waals surface area contributed by atoms with Crippen molar-refractivity contribution >= 4 is 51.4 Å². The maximum Gasteiger partial charge on any atom is 0.325 e. The van der Waals surface area contributed by atoms with Crippen LogP contribution < -0.4 is 10.6 Å². The van der Waals surface area contributed by atoms with E-state index in [1.807, 2.05) is 31.2 Å². The third-order valence-corrected chi connectivity index (χ3v) is 4.59. The first-order valence-electron chi connectivity index (χ1n) is 7.08. The molecule has 7 heteroatoms. The van der Waals surface area contributed by atoms with Gasteiger partial charge in [-0.15, -0.1) is 11.3 Å². The molecule has 0 aliphatic rings. The molecule has 1 heterocycles. The van der Waals surface area contributed by atoms with E-state index in [4.69, 9.17) is 23.2 Å². The molecule has 0 aliphatic carbocycles. The Labute approximate surface area is 153 Å². The van der Waals surface area contributed by atoms with Crippen LogP contribution >= 0.6 is 34.5 Å². The summed E-state index contributed by atoms with van der Waals surface area (Å²) < 4.78 is 0. The summed E-state index contributed by atoms with van der Waals surface area (Å²) in [7, 11) is 0. The first-order chi connectivity index (χ1) is 11.5. The van der Waals surface area contributed by atoms with Crippen LogP contribution in [0.5, 0.6) is 0 Å². The molecule has 3 rings (SSSR count). The van der Waals surface area contributed by atoms with Crippen molar-refractivity contribution in [2.45, 2.75) is 6.92 Å². The van der Waals surface area contributed by atoms with E-state index >= 15 is 0 Å². The molecule has 4 nitrogen and oxygen atoms in total. The fraction of sp³-hybridized carbons (Fsp3) is 0.0588. The standard InChI is InChI=1S/C17H13Cl2N3OS/c1-10-15(11-3-2-4-13(19)9-11)21-17(24-10)22-16(23)20-14-7-5-12(18)6-8-14/h2-9H,1H3,(H2,20,21,22,23). The number of aryl methyl sites for hydroxylation is 1. The van der Waals surface area contributed by atoms with E-state index in [1.54, 1.807) is 24.3 Å². The average Bonchev–Trinajstić information content (AvgIpc) is 2.90. The van der Waals surface area contributed by atoms with Gasteiger partial charge >= 0.3 is 6.03 Å². The van der Waals surface area contributed by atoms with E-state index in [9.17, 15) is 4.79 Å². The largest absolute Gasteiger partial charge is 0.325 e. The highest BCUT2D eigenvalue weighted by Crippen LogP contribution is 2.31. The van der Waals surface area contributed by atoms with Crippen LogP contribution in [0.1, 0.15) is 4.88 Å². The second kappa shape index (κ2) is 7.21. The second-order valence-corrected chi connectivity index (χ2v) is 7.10. The number of rotatable bonds is 3. The first kappa shape index (κ1) is 16.8. The summed E-state index contributed by atoms with van der Waals surface area (Å²) in [6.45, 7) is 1.95. The van der Waals surface area contributed by atoms with Crippen LogP contribution in [-0.4, -0.2) is 11.0 Å². The zero-order valence-corrected chi connectivity index (χ0v) is 15.0. The van der Waals surface area contributed by atoms with E-state index in [0.29, 0.717) is 20.9 Å². The number of nitrogens with one attached hydrogen (secondary N) is 2. The summed E-state index contributed by atoms with van der Waals surface area (Å²) >= 11 is 13.3. The lowest BCUT2D eigenvalue weighted by Crippen LogP contribution is -2.19. The molecule has 3 aromatic rings. The van der Waals surface area contributed by atoms with Crippen LogP contribution in [0.15, 0.2) is 48.5 Å². The minimum atomic E-state index is -0.358. The molecule has 0 bridgehead atoms. The molecule has 0 spiro atoms. The minimum Gasteiger partial charge on any atom is -0.308 e. The Morgan fingerprint density at radius 1 is 1.04 bits per heavy atom. The highest BCUT2D eigenvalue weighted by atomic mass is 35.5. The van der Waals surface area contributed by atoms with E-state index in [0.717, 1.165) is 16.1 Å². The number of nitrogens with zero attached hydrogens (tertiary/aromatic N) is 1. The van der Waals surface area contributed by atoms with Crippen molar-refractivity contribution in [3.63, 3.8) is 0 Å². The monoisotopic (exact) mass is 377 g/mol. The van der Waals surface area contributed by atoms with Crippen LogP contribution in [0.25, 0.3) is 11.3 Å². The van der Waals surface area contributed by atoms with E-state index in [2.05, 4.69) is 15.6 Å². The number of anilines is 2. The minimum absolute atomic E-state index is 0.358. The molecule has 0 unspecified atom stereocenters. The van der Waals surface area contributed by atoms with Crippen molar-refractivity contribution in [3.05, 3.63) is 63.5 Å². The molecule has 0 aliphatic heterocycles. The molecular weight excluding hydrogens is 365 g/mol. The van der Waals surface area contributed by atoms with Gasteiger partial charge in [-0.1, -0.05) is 35.3 Å². The molecule has 0 atom stereocenters. The Balaban J connectivity index is 1.73. The van der Waals surface area contributed by atoms with Crippen LogP contribution in [0.3, 0.4) is 0 Å². The number of halogens is 2. The lowest BCUT2D eigenvalue weighted by Gasteiger charge is -2.05.